The molecule has 5 nitrogen and oxygen atoms in total. The summed E-state index contributed by atoms with van der Waals surface area (Å²) in [7, 11) is 2.10. The van der Waals surface area contributed by atoms with E-state index in [1.807, 2.05) is 19.1 Å². The summed E-state index contributed by atoms with van der Waals surface area (Å²) in [5.74, 6) is 0.185. The van der Waals surface area contributed by atoms with Gasteiger partial charge < -0.3 is 20.6 Å². The summed E-state index contributed by atoms with van der Waals surface area (Å²) < 4.78 is 1.03. The van der Waals surface area contributed by atoms with Gasteiger partial charge in [0.15, 0.2) is 0 Å². The van der Waals surface area contributed by atoms with E-state index in [4.69, 9.17) is 0 Å². The number of anilines is 1. The van der Waals surface area contributed by atoms with Crippen LogP contribution >= 0.6 is 33.9 Å². The van der Waals surface area contributed by atoms with E-state index in [0.29, 0.717) is 5.56 Å². The predicted octanol–water partition coefficient (Wildman–Crippen LogP) is 3.21. The number of likely N-dealkylation sites (N-methyl/N-ethyl adjacent to an activating group) is 1. The van der Waals surface area contributed by atoms with Gasteiger partial charge in [0.1, 0.15) is 16.9 Å². The Morgan fingerprint density at radius 2 is 2.17 bits per heavy atom. The molecule has 0 saturated heterocycles. The highest BCUT2D eigenvalue weighted by atomic mass is 127. The van der Waals surface area contributed by atoms with Crippen molar-refractivity contribution in [2.45, 2.75) is 26.1 Å². The molecule has 0 fully saturated rings. The molecule has 3 heterocycles. The Bertz CT molecular complexity index is 849. The van der Waals surface area contributed by atoms with Crippen molar-refractivity contribution in [2.75, 3.05) is 18.9 Å². The van der Waals surface area contributed by atoms with Gasteiger partial charge in [-0.15, -0.1) is 11.3 Å². The Morgan fingerprint density at radius 3 is 2.96 bits per heavy atom. The maximum absolute atomic E-state index is 12.7. The van der Waals surface area contributed by atoms with Crippen LogP contribution in [0, 0.1) is 10.5 Å². The standard InChI is InChI=1S/C17H18IN3O2S/c1-8-5-9(18)6-11(14(8)22)15-19-16(23)13-10-3-4-21(2)7-12(10)24-17(13)20-15/h5-6,15,20,22H,3-4,7H2,1-2H3,(H,19,23). The topological polar surface area (TPSA) is 64.6 Å². The minimum atomic E-state index is -0.406. The first kappa shape index (κ1) is 16.2. The van der Waals surface area contributed by atoms with Crippen LogP contribution in [0.15, 0.2) is 12.1 Å². The number of nitrogens with zero attached hydrogens (tertiary/aromatic N) is 1. The van der Waals surface area contributed by atoms with Crippen LogP contribution in [0.3, 0.4) is 0 Å². The van der Waals surface area contributed by atoms with Crippen molar-refractivity contribution in [2.24, 2.45) is 0 Å². The largest absolute Gasteiger partial charge is 0.507 e. The van der Waals surface area contributed by atoms with Gasteiger partial charge in [0, 0.05) is 27.1 Å². The normalized spacial score (nSPS) is 20.1. The van der Waals surface area contributed by atoms with E-state index in [0.717, 1.165) is 39.2 Å². The average molecular weight is 455 g/mol. The van der Waals surface area contributed by atoms with Crippen LogP contribution in [0.5, 0.6) is 5.75 Å². The lowest BCUT2D eigenvalue weighted by Gasteiger charge is -2.28. The first-order valence-corrected chi connectivity index (χ1v) is 9.73. The van der Waals surface area contributed by atoms with Crippen LogP contribution in [-0.4, -0.2) is 29.5 Å². The van der Waals surface area contributed by atoms with E-state index >= 15 is 0 Å². The fourth-order valence-corrected chi connectivity index (χ4v) is 5.54. The van der Waals surface area contributed by atoms with E-state index in [1.54, 1.807) is 11.3 Å². The number of nitrogens with one attached hydrogen (secondary N) is 2. The number of carbonyl (C=O) groups excluding carboxylic acids is 1. The number of halogens is 1. The molecule has 24 heavy (non-hydrogen) atoms. The molecule has 1 amide bonds. The molecular weight excluding hydrogens is 437 g/mol. The molecule has 0 saturated carbocycles. The maximum Gasteiger partial charge on any atom is 0.256 e. The number of fused-ring (bicyclic) bond motifs is 3. The minimum absolute atomic E-state index is 0.0493. The van der Waals surface area contributed by atoms with E-state index in [-0.39, 0.29) is 11.7 Å². The van der Waals surface area contributed by atoms with Gasteiger partial charge in [-0.2, -0.15) is 0 Å². The molecule has 4 rings (SSSR count). The van der Waals surface area contributed by atoms with Crippen molar-refractivity contribution < 1.29 is 9.90 Å². The third-order valence-electron chi connectivity index (χ3n) is 4.63. The van der Waals surface area contributed by atoms with Gasteiger partial charge in [0.2, 0.25) is 0 Å². The maximum atomic E-state index is 12.7. The highest BCUT2D eigenvalue weighted by Crippen LogP contribution is 2.42. The first-order valence-electron chi connectivity index (χ1n) is 7.83. The smallest absolute Gasteiger partial charge is 0.256 e. The summed E-state index contributed by atoms with van der Waals surface area (Å²) in [5.41, 5.74) is 3.49. The van der Waals surface area contributed by atoms with Gasteiger partial charge >= 0.3 is 0 Å². The zero-order chi connectivity index (χ0) is 17.0. The van der Waals surface area contributed by atoms with Gasteiger partial charge in [0.25, 0.3) is 5.91 Å². The van der Waals surface area contributed by atoms with Crippen molar-refractivity contribution in [3.8, 4) is 5.75 Å². The fraction of sp³-hybridized carbons (Fsp3) is 0.353. The number of phenolic OH excluding ortho intramolecular Hbond substituents is 1. The van der Waals surface area contributed by atoms with Gasteiger partial charge in [-0.3, -0.25) is 4.79 Å². The van der Waals surface area contributed by atoms with E-state index < -0.39 is 6.17 Å². The molecule has 2 aliphatic rings. The number of hydrogen-bond donors (Lipinski definition) is 3. The molecule has 126 valence electrons. The number of phenols is 1. The van der Waals surface area contributed by atoms with Gasteiger partial charge in [-0.05, 0) is 66.2 Å². The fourth-order valence-electron chi connectivity index (χ4n) is 3.38. The second-order valence-corrected chi connectivity index (χ2v) is 8.76. The summed E-state index contributed by atoms with van der Waals surface area (Å²) in [6.45, 7) is 3.74. The molecule has 0 spiro atoms. The van der Waals surface area contributed by atoms with Crippen LogP contribution in [0.2, 0.25) is 0 Å². The lowest BCUT2D eigenvalue weighted by Crippen LogP contribution is -2.38. The van der Waals surface area contributed by atoms with Crippen LogP contribution < -0.4 is 10.6 Å². The van der Waals surface area contributed by atoms with E-state index in [1.165, 1.54) is 10.4 Å². The molecule has 2 aliphatic heterocycles. The number of thiophene rings is 1. The second kappa shape index (κ2) is 5.89. The summed E-state index contributed by atoms with van der Waals surface area (Å²) >= 11 is 3.89. The third-order valence-corrected chi connectivity index (χ3v) is 6.40. The van der Waals surface area contributed by atoms with Crippen LogP contribution in [0.4, 0.5) is 5.00 Å². The molecule has 0 radical (unpaired) electrons. The molecule has 1 atom stereocenters. The molecule has 3 N–H and O–H groups in total. The molecule has 7 heteroatoms. The zero-order valence-electron chi connectivity index (χ0n) is 13.4. The molecule has 1 aromatic heterocycles. The minimum Gasteiger partial charge on any atom is -0.507 e. The highest BCUT2D eigenvalue weighted by Gasteiger charge is 2.33. The predicted molar refractivity (Wildman–Crippen MR) is 104 cm³/mol. The van der Waals surface area contributed by atoms with Crippen molar-refractivity contribution in [1.82, 2.24) is 10.2 Å². The Labute approximate surface area is 158 Å². The van der Waals surface area contributed by atoms with E-state index in [9.17, 15) is 9.90 Å². The highest BCUT2D eigenvalue weighted by molar-refractivity contribution is 14.1. The summed E-state index contributed by atoms with van der Waals surface area (Å²) in [6, 6.07) is 3.84. The zero-order valence-corrected chi connectivity index (χ0v) is 16.4. The first-order chi connectivity index (χ1) is 11.4. The van der Waals surface area contributed by atoms with Crippen molar-refractivity contribution >= 4 is 44.8 Å². The van der Waals surface area contributed by atoms with Crippen LogP contribution in [0.1, 0.15) is 38.1 Å². The number of aromatic hydroxyl groups is 1. The quantitative estimate of drug-likeness (QED) is 0.578. The number of rotatable bonds is 1. The van der Waals surface area contributed by atoms with Crippen LogP contribution in [-0.2, 0) is 13.0 Å². The Morgan fingerprint density at radius 1 is 1.38 bits per heavy atom. The summed E-state index contributed by atoms with van der Waals surface area (Å²) in [4.78, 5) is 16.3. The second-order valence-electron chi connectivity index (χ2n) is 6.41. The molecule has 1 aromatic carbocycles. The number of aryl methyl sites for hydroxylation is 1. The van der Waals surface area contributed by atoms with Crippen molar-refractivity contribution in [1.29, 1.82) is 0 Å². The van der Waals surface area contributed by atoms with Gasteiger partial charge in [-0.1, -0.05) is 0 Å². The van der Waals surface area contributed by atoms with Gasteiger partial charge in [-0.25, -0.2) is 0 Å². The van der Waals surface area contributed by atoms with Crippen molar-refractivity contribution in [3.63, 3.8) is 0 Å². The number of amides is 1. The monoisotopic (exact) mass is 455 g/mol. The average Bonchev–Trinajstić information content (AvgIpc) is 2.88. The van der Waals surface area contributed by atoms with Gasteiger partial charge in [0.05, 0.1) is 5.56 Å². The van der Waals surface area contributed by atoms with E-state index in [2.05, 4.69) is 45.2 Å². The lowest BCUT2D eigenvalue weighted by atomic mass is 10.00. The summed E-state index contributed by atoms with van der Waals surface area (Å²) in [5, 5.41) is 17.8. The SMILES string of the molecule is Cc1cc(I)cc(C2NC(=O)c3c(sc4c3CCN(C)C4)N2)c1O. The van der Waals surface area contributed by atoms with Crippen molar-refractivity contribution in [3.05, 3.63) is 42.8 Å². The lowest BCUT2D eigenvalue weighted by molar-refractivity contribution is 0.0934. The third kappa shape index (κ3) is 2.58. The summed E-state index contributed by atoms with van der Waals surface area (Å²) in [6.07, 6.45) is 0.502. The molecular formula is C17H18IN3O2S. The molecule has 0 aliphatic carbocycles. The number of benzene rings is 1. The molecule has 2 aromatic rings. The van der Waals surface area contributed by atoms with Crippen LogP contribution in [0.25, 0.3) is 0 Å². The number of carbonyl (C=O) groups is 1. The molecule has 0 bridgehead atoms. The Kier molecular flexibility index (Phi) is 3.97. The number of hydrogen-bond acceptors (Lipinski definition) is 5. The Balaban J connectivity index is 1.74. The molecule has 1 unspecified atom stereocenters. The Hall–Kier alpha value is -1.32.